The van der Waals surface area contributed by atoms with Crippen molar-refractivity contribution in [1.82, 2.24) is 15.0 Å². The molecule has 0 saturated carbocycles. The molecule has 0 amide bonds. The van der Waals surface area contributed by atoms with E-state index in [-0.39, 0.29) is 0 Å². The van der Waals surface area contributed by atoms with Crippen LogP contribution in [0.2, 0.25) is 0 Å². The molecule has 96 valence electrons. The summed E-state index contributed by atoms with van der Waals surface area (Å²) in [6, 6.07) is 1.72. The Morgan fingerprint density at radius 1 is 1.33 bits per heavy atom. The van der Waals surface area contributed by atoms with Gasteiger partial charge in [0.25, 0.3) is 0 Å². The van der Waals surface area contributed by atoms with E-state index in [9.17, 15) is 0 Å². The van der Waals surface area contributed by atoms with Crippen LogP contribution >= 0.6 is 0 Å². The van der Waals surface area contributed by atoms with Crippen molar-refractivity contribution in [2.24, 2.45) is 5.84 Å². The molecule has 4 N–H and O–H groups in total. The Labute approximate surface area is 105 Å². The van der Waals surface area contributed by atoms with Crippen molar-refractivity contribution >= 4 is 11.6 Å². The van der Waals surface area contributed by atoms with Crippen LogP contribution in [-0.2, 0) is 13.0 Å². The third kappa shape index (κ3) is 2.95. The molecule has 2 rings (SSSR count). The van der Waals surface area contributed by atoms with E-state index in [0.717, 1.165) is 12.2 Å². The molecule has 0 aliphatic rings. The number of nitrogens with zero attached hydrogens (tertiary/aromatic N) is 3. The lowest BCUT2D eigenvalue weighted by molar-refractivity contribution is 0.465. The smallest absolute Gasteiger partial charge is 0.213 e. The number of anilines is 2. The molecule has 0 aliphatic carbocycles. The van der Waals surface area contributed by atoms with Gasteiger partial charge in [0.15, 0.2) is 0 Å². The largest absolute Gasteiger partial charge is 0.444 e. The second-order valence-electron chi connectivity index (χ2n) is 3.76. The monoisotopic (exact) mass is 248 g/mol. The highest BCUT2D eigenvalue weighted by Crippen LogP contribution is 2.11. The van der Waals surface area contributed by atoms with Crippen molar-refractivity contribution in [3.63, 3.8) is 0 Å². The van der Waals surface area contributed by atoms with Crippen molar-refractivity contribution in [1.29, 1.82) is 0 Å². The number of nitrogens with two attached hydrogens (primary N) is 1. The Hall–Kier alpha value is -2.15. The van der Waals surface area contributed by atoms with Gasteiger partial charge in [0.05, 0.1) is 12.7 Å². The molecule has 0 aliphatic heterocycles. The van der Waals surface area contributed by atoms with Crippen molar-refractivity contribution in [3.8, 4) is 0 Å². The van der Waals surface area contributed by atoms with Crippen molar-refractivity contribution in [3.05, 3.63) is 29.7 Å². The third-order valence-corrected chi connectivity index (χ3v) is 2.36. The van der Waals surface area contributed by atoms with Crippen LogP contribution in [0.15, 0.2) is 16.7 Å². The topological polar surface area (TPSA) is 102 Å². The van der Waals surface area contributed by atoms with E-state index in [1.54, 1.807) is 19.2 Å². The Bertz CT molecular complexity index is 524. The Kier molecular flexibility index (Phi) is 3.73. The predicted molar refractivity (Wildman–Crippen MR) is 67.8 cm³/mol. The standard InChI is InChI=1S/C11H16N6O/c1-3-8-5-14-11(18-8)6-13-9-4-10(17-12)16-7(2)15-9/h4-5H,3,6,12H2,1-2H3,(H2,13,15,16,17). The van der Waals surface area contributed by atoms with Gasteiger partial charge in [-0.05, 0) is 6.92 Å². The van der Waals surface area contributed by atoms with Gasteiger partial charge in [-0.1, -0.05) is 6.92 Å². The second-order valence-corrected chi connectivity index (χ2v) is 3.76. The van der Waals surface area contributed by atoms with Crippen molar-refractivity contribution < 1.29 is 4.42 Å². The highest BCUT2D eigenvalue weighted by Gasteiger charge is 2.04. The molecule has 2 heterocycles. The first-order chi connectivity index (χ1) is 8.71. The minimum Gasteiger partial charge on any atom is -0.444 e. The van der Waals surface area contributed by atoms with Gasteiger partial charge in [0.1, 0.15) is 23.2 Å². The van der Waals surface area contributed by atoms with Crippen LogP contribution in [0.3, 0.4) is 0 Å². The fraction of sp³-hybridized carbons (Fsp3) is 0.364. The number of hydrogen-bond acceptors (Lipinski definition) is 7. The highest BCUT2D eigenvalue weighted by molar-refractivity contribution is 5.46. The SMILES string of the molecule is CCc1cnc(CNc2cc(NN)nc(C)n2)o1. The lowest BCUT2D eigenvalue weighted by Crippen LogP contribution is -2.11. The molecule has 7 nitrogen and oxygen atoms in total. The van der Waals surface area contributed by atoms with Gasteiger partial charge in [0.2, 0.25) is 5.89 Å². The molecule has 0 radical (unpaired) electrons. The first kappa shape index (κ1) is 12.3. The van der Waals surface area contributed by atoms with Gasteiger partial charge >= 0.3 is 0 Å². The summed E-state index contributed by atoms with van der Waals surface area (Å²) in [5.41, 5.74) is 2.49. The van der Waals surface area contributed by atoms with Crippen LogP contribution < -0.4 is 16.6 Å². The molecule has 0 bridgehead atoms. The van der Waals surface area contributed by atoms with E-state index in [2.05, 4.69) is 25.7 Å². The minimum absolute atomic E-state index is 0.473. The number of oxazole rings is 1. The Morgan fingerprint density at radius 3 is 2.78 bits per heavy atom. The summed E-state index contributed by atoms with van der Waals surface area (Å²) >= 11 is 0. The first-order valence-corrected chi connectivity index (χ1v) is 5.71. The molecule has 2 aromatic rings. The van der Waals surface area contributed by atoms with E-state index < -0.39 is 0 Å². The first-order valence-electron chi connectivity index (χ1n) is 5.71. The molecule has 0 atom stereocenters. The van der Waals surface area contributed by atoms with E-state index >= 15 is 0 Å². The van der Waals surface area contributed by atoms with E-state index in [1.807, 2.05) is 6.92 Å². The molecule has 0 spiro atoms. The molecule has 18 heavy (non-hydrogen) atoms. The average molecular weight is 248 g/mol. The van der Waals surface area contributed by atoms with Crippen LogP contribution in [0.5, 0.6) is 0 Å². The zero-order valence-corrected chi connectivity index (χ0v) is 10.4. The van der Waals surface area contributed by atoms with Gasteiger partial charge in [-0.2, -0.15) is 0 Å². The number of rotatable bonds is 5. The predicted octanol–water partition coefficient (Wildman–Crippen LogP) is 1.23. The highest BCUT2D eigenvalue weighted by atomic mass is 16.4. The lowest BCUT2D eigenvalue weighted by Gasteiger charge is -2.06. The van der Waals surface area contributed by atoms with Crippen LogP contribution in [0.4, 0.5) is 11.6 Å². The third-order valence-electron chi connectivity index (χ3n) is 2.36. The maximum atomic E-state index is 5.48. The number of aryl methyl sites for hydroxylation is 2. The molecule has 0 unspecified atom stereocenters. The summed E-state index contributed by atoms with van der Waals surface area (Å²) < 4.78 is 5.48. The number of hydrogen-bond donors (Lipinski definition) is 3. The van der Waals surface area contributed by atoms with Gasteiger partial charge in [-0.25, -0.2) is 20.8 Å². The molecule has 0 fully saturated rings. The fourth-order valence-electron chi connectivity index (χ4n) is 1.49. The van der Waals surface area contributed by atoms with Crippen LogP contribution in [0.25, 0.3) is 0 Å². The minimum atomic E-state index is 0.473. The number of nitrogens with one attached hydrogen (secondary N) is 2. The summed E-state index contributed by atoms with van der Waals surface area (Å²) in [7, 11) is 0. The van der Waals surface area contributed by atoms with Gasteiger partial charge in [-0.3, -0.25) is 0 Å². The fourth-order valence-corrected chi connectivity index (χ4v) is 1.49. The summed E-state index contributed by atoms with van der Waals surface area (Å²) in [5.74, 6) is 8.69. The van der Waals surface area contributed by atoms with Gasteiger partial charge in [0, 0.05) is 12.5 Å². The quantitative estimate of drug-likeness (QED) is 0.540. The molecular weight excluding hydrogens is 232 g/mol. The van der Waals surface area contributed by atoms with Crippen LogP contribution in [0, 0.1) is 6.92 Å². The molecule has 0 saturated heterocycles. The lowest BCUT2D eigenvalue weighted by atomic mass is 10.4. The number of aromatic nitrogens is 3. The zero-order valence-electron chi connectivity index (χ0n) is 10.4. The van der Waals surface area contributed by atoms with Crippen molar-refractivity contribution in [2.45, 2.75) is 26.8 Å². The van der Waals surface area contributed by atoms with E-state index in [0.29, 0.717) is 29.9 Å². The van der Waals surface area contributed by atoms with Gasteiger partial charge in [-0.15, -0.1) is 0 Å². The zero-order chi connectivity index (χ0) is 13.0. The maximum Gasteiger partial charge on any atom is 0.213 e. The molecule has 2 aromatic heterocycles. The second kappa shape index (κ2) is 5.46. The average Bonchev–Trinajstić information content (AvgIpc) is 2.83. The summed E-state index contributed by atoms with van der Waals surface area (Å²) in [6.45, 7) is 4.29. The summed E-state index contributed by atoms with van der Waals surface area (Å²) in [4.78, 5) is 12.5. The van der Waals surface area contributed by atoms with Crippen LogP contribution in [0.1, 0.15) is 24.4 Å². The van der Waals surface area contributed by atoms with Crippen LogP contribution in [-0.4, -0.2) is 15.0 Å². The van der Waals surface area contributed by atoms with E-state index in [4.69, 9.17) is 10.3 Å². The number of hydrazine groups is 1. The summed E-state index contributed by atoms with van der Waals surface area (Å²) in [6.07, 6.45) is 2.57. The van der Waals surface area contributed by atoms with Crippen molar-refractivity contribution in [2.75, 3.05) is 10.7 Å². The molecule has 0 aromatic carbocycles. The Morgan fingerprint density at radius 2 is 2.11 bits per heavy atom. The Balaban J connectivity index is 2.03. The molecular formula is C11H16N6O. The maximum absolute atomic E-state index is 5.48. The number of nitrogen functional groups attached to an aromatic ring is 1. The normalized spacial score (nSPS) is 10.4. The summed E-state index contributed by atoms with van der Waals surface area (Å²) in [5, 5.41) is 3.11. The molecule has 7 heteroatoms. The van der Waals surface area contributed by atoms with Gasteiger partial charge < -0.3 is 15.2 Å². The van der Waals surface area contributed by atoms with E-state index in [1.165, 1.54) is 0 Å².